The molecule has 0 aliphatic rings. The van der Waals surface area contributed by atoms with Crippen molar-refractivity contribution in [2.24, 2.45) is 5.10 Å². The summed E-state index contributed by atoms with van der Waals surface area (Å²) in [5.41, 5.74) is 5.22. The number of anilines is 1. The maximum atomic E-state index is 12.3. The number of ether oxygens (including phenoxy) is 1. The van der Waals surface area contributed by atoms with Crippen molar-refractivity contribution in [2.45, 2.75) is 13.8 Å². The summed E-state index contributed by atoms with van der Waals surface area (Å²) in [6.07, 6.45) is 2.50. The van der Waals surface area contributed by atoms with E-state index in [1.54, 1.807) is 24.3 Å². The number of benzene rings is 2. The third kappa shape index (κ3) is 5.56. The Morgan fingerprint density at radius 3 is 2.64 bits per heavy atom. The fourth-order valence-corrected chi connectivity index (χ4v) is 3.82. The monoisotopic (exact) mass is 467 g/mol. The zero-order chi connectivity index (χ0) is 20.9. The molecule has 2 aromatic rings. The van der Waals surface area contributed by atoms with Crippen LogP contribution >= 0.6 is 15.9 Å². The van der Waals surface area contributed by atoms with E-state index in [1.165, 1.54) is 13.3 Å². The second-order valence-electron chi connectivity index (χ2n) is 6.17. The highest BCUT2D eigenvalue weighted by Crippen LogP contribution is 2.24. The van der Waals surface area contributed by atoms with E-state index < -0.39 is 15.9 Å². The summed E-state index contributed by atoms with van der Waals surface area (Å²) in [5, 5.41) is 3.91. The minimum Gasteiger partial charge on any atom is -0.496 e. The number of nitrogens with one attached hydrogen (secondary N) is 1. The van der Waals surface area contributed by atoms with Crippen molar-refractivity contribution >= 4 is 43.8 Å². The summed E-state index contributed by atoms with van der Waals surface area (Å²) >= 11 is 3.36. The molecule has 9 heteroatoms. The third-order valence-electron chi connectivity index (χ3n) is 4.12. The van der Waals surface area contributed by atoms with E-state index in [0.717, 1.165) is 26.2 Å². The molecule has 0 spiro atoms. The molecule has 0 radical (unpaired) electrons. The first-order valence-electron chi connectivity index (χ1n) is 8.33. The summed E-state index contributed by atoms with van der Waals surface area (Å²) in [6, 6.07) is 10.7. The Labute approximate surface area is 173 Å². The zero-order valence-corrected chi connectivity index (χ0v) is 18.5. The van der Waals surface area contributed by atoms with E-state index in [9.17, 15) is 13.2 Å². The van der Waals surface area contributed by atoms with Gasteiger partial charge in [0, 0.05) is 10.0 Å². The Hall–Kier alpha value is -2.39. The Kier molecular flexibility index (Phi) is 7.20. The molecule has 0 aliphatic heterocycles. The van der Waals surface area contributed by atoms with Crippen molar-refractivity contribution in [3.63, 3.8) is 0 Å². The van der Waals surface area contributed by atoms with Crippen LogP contribution in [0.15, 0.2) is 46.0 Å². The Bertz CT molecular complexity index is 1010. The number of hydrogen-bond acceptors (Lipinski definition) is 5. The van der Waals surface area contributed by atoms with Gasteiger partial charge < -0.3 is 4.74 Å². The van der Waals surface area contributed by atoms with Crippen molar-refractivity contribution < 1.29 is 17.9 Å². The van der Waals surface area contributed by atoms with Gasteiger partial charge in [-0.1, -0.05) is 28.1 Å². The molecule has 150 valence electrons. The van der Waals surface area contributed by atoms with E-state index in [1.807, 2.05) is 26.0 Å². The van der Waals surface area contributed by atoms with Crippen LogP contribution in [-0.4, -0.2) is 40.4 Å². The number of aryl methyl sites for hydroxylation is 1. The summed E-state index contributed by atoms with van der Waals surface area (Å²) in [6.45, 7) is 3.32. The number of sulfonamides is 1. The SMILES string of the molecule is COc1ccc(Br)cc1/C=N\NC(=O)CN(c1cccc(C)c1C)S(C)(=O)=O. The number of carbonyl (C=O) groups excluding carboxylic acids is 1. The molecular weight excluding hydrogens is 446 g/mol. The maximum absolute atomic E-state index is 12.3. The molecule has 0 saturated heterocycles. The first-order chi connectivity index (χ1) is 13.1. The predicted octanol–water partition coefficient (Wildman–Crippen LogP) is 2.99. The van der Waals surface area contributed by atoms with Crippen LogP contribution in [0, 0.1) is 13.8 Å². The molecule has 0 atom stereocenters. The highest BCUT2D eigenvalue weighted by molar-refractivity contribution is 9.10. The lowest BCUT2D eigenvalue weighted by atomic mass is 10.1. The van der Waals surface area contributed by atoms with Gasteiger partial charge in [-0.15, -0.1) is 0 Å². The number of hydrogen-bond donors (Lipinski definition) is 1. The Morgan fingerprint density at radius 2 is 2.00 bits per heavy atom. The molecule has 2 aromatic carbocycles. The predicted molar refractivity (Wildman–Crippen MR) is 115 cm³/mol. The van der Waals surface area contributed by atoms with Crippen molar-refractivity contribution in [3.05, 3.63) is 57.6 Å². The van der Waals surface area contributed by atoms with Crippen molar-refractivity contribution in [1.82, 2.24) is 5.43 Å². The van der Waals surface area contributed by atoms with Gasteiger partial charge in [0.15, 0.2) is 0 Å². The number of rotatable bonds is 7. The van der Waals surface area contributed by atoms with Crippen LogP contribution in [0.1, 0.15) is 16.7 Å². The number of carbonyl (C=O) groups is 1. The average molecular weight is 468 g/mol. The van der Waals surface area contributed by atoms with E-state index in [4.69, 9.17) is 4.74 Å². The van der Waals surface area contributed by atoms with E-state index in [0.29, 0.717) is 17.0 Å². The molecule has 0 unspecified atom stereocenters. The van der Waals surface area contributed by atoms with E-state index in [2.05, 4.69) is 26.5 Å². The highest BCUT2D eigenvalue weighted by atomic mass is 79.9. The molecular formula is C19H22BrN3O4S. The second kappa shape index (κ2) is 9.20. The first-order valence-corrected chi connectivity index (χ1v) is 11.0. The Morgan fingerprint density at radius 1 is 1.29 bits per heavy atom. The lowest BCUT2D eigenvalue weighted by Crippen LogP contribution is -2.39. The number of amides is 1. The standard InChI is InChI=1S/C19H22BrN3O4S/c1-13-6-5-7-17(14(13)2)23(28(4,25)26)12-19(24)22-21-11-15-10-16(20)8-9-18(15)27-3/h5-11H,12H2,1-4H3,(H,22,24)/b21-11-. The smallest absolute Gasteiger partial charge is 0.260 e. The average Bonchev–Trinajstić information content (AvgIpc) is 2.62. The van der Waals surface area contributed by atoms with Gasteiger partial charge in [-0.2, -0.15) is 5.10 Å². The van der Waals surface area contributed by atoms with Crippen LogP contribution < -0.4 is 14.5 Å². The van der Waals surface area contributed by atoms with Crippen LogP contribution in [-0.2, 0) is 14.8 Å². The van der Waals surface area contributed by atoms with Gasteiger partial charge in [0.05, 0.1) is 25.3 Å². The summed E-state index contributed by atoms with van der Waals surface area (Å²) in [4.78, 5) is 12.3. The molecule has 0 aromatic heterocycles. The zero-order valence-electron chi connectivity index (χ0n) is 16.1. The molecule has 1 N–H and O–H groups in total. The summed E-state index contributed by atoms with van der Waals surface area (Å²) in [7, 11) is -2.12. The van der Waals surface area contributed by atoms with Gasteiger partial charge in [-0.3, -0.25) is 9.10 Å². The number of hydrazone groups is 1. The van der Waals surface area contributed by atoms with Crippen LogP contribution in [0.5, 0.6) is 5.75 Å². The summed E-state index contributed by atoms with van der Waals surface area (Å²) < 4.78 is 31.6. The van der Waals surface area contributed by atoms with Gasteiger partial charge in [-0.25, -0.2) is 13.8 Å². The van der Waals surface area contributed by atoms with Crippen LogP contribution in [0.3, 0.4) is 0 Å². The fourth-order valence-electron chi connectivity index (χ4n) is 2.53. The molecule has 7 nitrogen and oxygen atoms in total. The number of halogens is 1. The number of nitrogens with zero attached hydrogens (tertiary/aromatic N) is 2. The van der Waals surface area contributed by atoms with Crippen molar-refractivity contribution in [3.8, 4) is 5.75 Å². The normalized spacial score (nSPS) is 11.5. The topological polar surface area (TPSA) is 88.1 Å². The van der Waals surface area contributed by atoms with Gasteiger partial charge in [0.1, 0.15) is 12.3 Å². The lowest BCUT2D eigenvalue weighted by molar-refractivity contribution is -0.119. The molecule has 0 saturated carbocycles. The highest BCUT2D eigenvalue weighted by Gasteiger charge is 2.22. The van der Waals surface area contributed by atoms with Crippen LogP contribution in [0.25, 0.3) is 0 Å². The molecule has 0 bridgehead atoms. The minimum atomic E-state index is -3.65. The second-order valence-corrected chi connectivity index (χ2v) is 8.99. The lowest BCUT2D eigenvalue weighted by Gasteiger charge is -2.23. The Balaban J connectivity index is 2.17. The van der Waals surface area contributed by atoms with Gasteiger partial charge >= 0.3 is 0 Å². The van der Waals surface area contributed by atoms with Gasteiger partial charge in [-0.05, 0) is 49.2 Å². The van der Waals surface area contributed by atoms with Crippen LogP contribution in [0.4, 0.5) is 5.69 Å². The van der Waals surface area contributed by atoms with E-state index in [-0.39, 0.29) is 6.54 Å². The van der Waals surface area contributed by atoms with Crippen LogP contribution in [0.2, 0.25) is 0 Å². The maximum Gasteiger partial charge on any atom is 0.260 e. The molecule has 0 fully saturated rings. The number of methoxy groups -OCH3 is 1. The largest absolute Gasteiger partial charge is 0.496 e. The molecule has 0 heterocycles. The molecule has 2 rings (SSSR count). The molecule has 1 amide bonds. The third-order valence-corrected chi connectivity index (χ3v) is 5.74. The summed E-state index contributed by atoms with van der Waals surface area (Å²) in [5.74, 6) is 0.0332. The fraction of sp³-hybridized carbons (Fsp3) is 0.263. The minimum absolute atomic E-state index is 0.379. The quantitative estimate of drug-likeness (QED) is 0.500. The first kappa shape index (κ1) is 21.9. The van der Waals surface area contributed by atoms with Crippen molar-refractivity contribution in [2.75, 3.05) is 24.2 Å². The van der Waals surface area contributed by atoms with Gasteiger partial charge in [0.2, 0.25) is 10.0 Å². The van der Waals surface area contributed by atoms with E-state index >= 15 is 0 Å². The van der Waals surface area contributed by atoms with Gasteiger partial charge in [0.25, 0.3) is 5.91 Å². The van der Waals surface area contributed by atoms with Crippen molar-refractivity contribution in [1.29, 1.82) is 0 Å². The molecule has 28 heavy (non-hydrogen) atoms. The molecule has 0 aliphatic carbocycles.